The van der Waals surface area contributed by atoms with Gasteiger partial charge in [-0.2, -0.15) is 5.10 Å². The number of morpholine rings is 1. The van der Waals surface area contributed by atoms with Gasteiger partial charge in [0.15, 0.2) is 5.16 Å². The number of H-pyrrole nitrogens is 1. The molecule has 1 unspecified atom stereocenters. The number of halogens is 1. The molecule has 0 spiro atoms. The molecule has 1 aliphatic rings. The third-order valence-electron chi connectivity index (χ3n) is 3.57. The van der Waals surface area contributed by atoms with Crippen LogP contribution >= 0.6 is 11.8 Å². The van der Waals surface area contributed by atoms with Crippen LogP contribution in [0.15, 0.2) is 35.7 Å². The molecule has 0 aliphatic carbocycles. The summed E-state index contributed by atoms with van der Waals surface area (Å²) >= 11 is 1.33. The number of aromatic amines is 1. The standard InChI is InChI=1S/C15H17FN4O2S/c16-12-3-1-2-11(6-12)7-13-8-20(4-5-22-13)14(21)9-23-15-17-10-18-19-15/h1-3,6,10,13H,4-5,7-9H2,(H,17,18,19). The minimum absolute atomic E-state index is 0.0407. The van der Waals surface area contributed by atoms with Crippen molar-refractivity contribution in [2.45, 2.75) is 17.7 Å². The minimum atomic E-state index is -0.255. The number of benzene rings is 1. The molecule has 23 heavy (non-hydrogen) atoms. The first kappa shape index (κ1) is 15.9. The molecule has 6 nitrogen and oxygen atoms in total. The van der Waals surface area contributed by atoms with Crippen LogP contribution in [0.3, 0.4) is 0 Å². The van der Waals surface area contributed by atoms with Crippen molar-refractivity contribution in [1.29, 1.82) is 0 Å². The van der Waals surface area contributed by atoms with Crippen LogP contribution in [0.4, 0.5) is 4.39 Å². The number of carbonyl (C=O) groups is 1. The second-order valence-electron chi connectivity index (χ2n) is 5.25. The number of hydrogen-bond donors (Lipinski definition) is 1. The van der Waals surface area contributed by atoms with Gasteiger partial charge in [0.25, 0.3) is 0 Å². The van der Waals surface area contributed by atoms with E-state index >= 15 is 0 Å². The second kappa shape index (κ2) is 7.56. The Balaban J connectivity index is 1.52. The summed E-state index contributed by atoms with van der Waals surface area (Å²) in [5, 5.41) is 7.09. The first-order valence-electron chi connectivity index (χ1n) is 7.32. The zero-order valence-electron chi connectivity index (χ0n) is 12.4. The summed E-state index contributed by atoms with van der Waals surface area (Å²) in [6.07, 6.45) is 1.90. The van der Waals surface area contributed by atoms with Crippen molar-refractivity contribution in [3.8, 4) is 0 Å². The van der Waals surface area contributed by atoms with Crippen LogP contribution < -0.4 is 0 Å². The molecule has 1 aromatic carbocycles. The maximum absolute atomic E-state index is 13.2. The van der Waals surface area contributed by atoms with Gasteiger partial charge < -0.3 is 9.64 Å². The van der Waals surface area contributed by atoms with E-state index in [0.717, 1.165) is 5.56 Å². The molecule has 8 heteroatoms. The Morgan fingerprint density at radius 1 is 1.52 bits per heavy atom. The fraction of sp³-hybridized carbons (Fsp3) is 0.400. The Bertz CT molecular complexity index is 653. The third-order valence-corrected chi connectivity index (χ3v) is 4.43. The summed E-state index contributed by atoms with van der Waals surface area (Å²) in [5.74, 6) is 0.0932. The van der Waals surface area contributed by atoms with E-state index in [1.807, 2.05) is 6.07 Å². The fourth-order valence-electron chi connectivity index (χ4n) is 2.48. The highest BCUT2D eigenvalue weighted by atomic mass is 32.2. The van der Waals surface area contributed by atoms with Crippen molar-refractivity contribution in [3.63, 3.8) is 0 Å². The van der Waals surface area contributed by atoms with E-state index in [9.17, 15) is 9.18 Å². The van der Waals surface area contributed by atoms with E-state index in [2.05, 4.69) is 15.2 Å². The molecule has 2 heterocycles. The molecule has 0 bridgehead atoms. The third kappa shape index (κ3) is 4.52. The smallest absolute Gasteiger partial charge is 0.233 e. The Labute approximate surface area is 137 Å². The van der Waals surface area contributed by atoms with Crippen LogP contribution in [0.25, 0.3) is 0 Å². The van der Waals surface area contributed by atoms with Gasteiger partial charge in [0.1, 0.15) is 12.1 Å². The van der Waals surface area contributed by atoms with E-state index in [1.165, 1.54) is 30.2 Å². The Morgan fingerprint density at radius 3 is 3.22 bits per heavy atom. The summed E-state index contributed by atoms with van der Waals surface area (Å²) in [4.78, 5) is 18.0. The highest BCUT2D eigenvalue weighted by Gasteiger charge is 2.24. The summed E-state index contributed by atoms with van der Waals surface area (Å²) < 4.78 is 18.9. The van der Waals surface area contributed by atoms with Gasteiger partial charge in [-0.25, -0.2) is 9.37 Å². The molecule has 1 amide bonds. The second-order valence-corrected chi connectivity index (χ2v) is 6.21. The average Bonchev–Trinajstić information content (AvgIpc) is 3.06. The molecule has 1 saturated heterocycles. The Hall–Kier alpha value is -1.93. The number of amides is 1. The molecule has 1 aromatic heterocycles. The van der Waals surface area contributed by atoms with Gasteiger partial charge in [0, 0.05) is 19.5 Å². The fourth-order valence-corrected chi connectivity index (χ4v) is 3.16. The number of rotatable bonds is 5. The van der Waals surface area contributed by atoms with E-state index in [0.29, 0.717) is 37.0 Å². The maximum Gasteiger partial charge on any atom is 0.233 e. The predicted molar refractivity (Wildman–Crippen MR) is 83.5 cm³/mol. The topological polar surface area (TPSA) is 71.1 Å². The normalized spacial score (nSPS) is 18.1. The number of thioether (sulfide) groups is 1. The first-order chi connectivity index (χ1) is 11.2. The number of carbonyl (C=O) groups excluding carboxylic acids is 1. The van der Waals surface area contributed by atoms with Gasteiger partial charge in [-0.15, -0.1) is 0 Å². The molecule has 122 valence electrons. The number of ether oxygens (including phenoxy) is 1. The molecule has 1 atom stereocenters. The molecular weight excluding hydrogens is 319 g/mol. The molecule has 1 fully saturated rings. The summed E-state index contributed by atoms with van der Waals surface area (Å²) in [6.45, 7) is 1.60. The minimum Gasteiger partial charge on any atom is -0.374 e. The molecule has 3 rings (SSSR count). The van der Waals surface area contributed by atoms with Gasteiger partial charge in [-0.3, -0.25) is 9.89 Å². The SMILES string of the molecule is O=C(CSc1ncn[nH]1)N1CCOC(Cc2cccc(F)c2)C1. The molecule has 2 aromatic rings. The van der Waals surface area contributed by atoms with Gasteiger partial charge in [-0.05, 0) is 17.7 Å². The van der Waals surface area contributed by atoms with Crippen molar-refractivity contribution in [2.24, 2.45) is 0 Å². The lowest BCUT2D eigenvalue weighted by Crippen LogP contribution is -2.47. The van der Waals surface area contributed by atoms with Crippen LogP contribution in [0.1, 0.15) is 5.56 Å². The summed E-state index contributed by atoms with van der Waals surface area (Å²) in [5.41, 5.74) is 0.875. The van der Waals surface area contributed by atoms with E-state index in [4.69, 9.17) is 4.74 Å². The van der Waals surface area contributed by atoms with Gasteiger partial charge >= 0.3 is 0 Å². The molecular formula is C15H17FN4O2S. The number of hydrogen-bond acceptors (Lipinski definition) is 5. The summed E-state index contributed by atoms with van der Waals surface area (Å²) in [7, 11) is 0. The zero-order valence-corrected chi connectivity index (χ0v) is 13.3. The highest BCUT2D eigenvalue weighted by molar-refractivity contribution is 7.99. The van der Waals surface area contributed by atoms with Crippen molar-refractivity contribution >= 4 is 17.7 Å². The van der Waals surface area contributed by atoms with E-state index in [1.54, 1.807) is 11.0 Å². The van der Waals surface area contributed by atoms with Crippen LogP contribution in [0.2, 0.25) is 0 Å². The monoisotopic (exact) mass is 336 g/mol. The molecule has 1 N–H and O–H groups in total. The van der Waals surface area contributed by atoms with Gasteiger partial charge in [0.05, 0.1) is 18.5 Å². The maximum atomic E-state index is 13.2. The zero-order chi connectivity index (χ0) is 16.1. The van der Waals surface area contributed by atoms with Crippen molar-refractivity contribution in [1.82, 2.24) is 20.1 Å². The predicted octanol–water partition coefficient (Wildman–Crippen LogP) is 1.51. The molecule has 0 radical (unpaired) electrons. The average molecular weight is 336 g/mol. The van der Waals surface area contributed by atoms with Crippen LogP contribution in [0.5, 0.6) is 0 Å². The largest absolute Gasteiger partial charge is 0.374 e. The van der Waals surface area contributed by atoms with Crippen LogP contribution in [-0.2, 0) is 16.0 Å². The van der Waals surface area contributed by atoms with Gasteiger partial charge in [0.2, 0.25) is 5.91 Å². The van der Waals surface area contributed by atoms with Crippen molar-refractivity contribution in [3.05, 3.63) is 42.0 Å². The Morgan fingerprint density at radius 2 is 2.43 bits per heavy atom. The first-order valence-corrected chi connectivity index (χ1v) is 8.31. The van der Waals surface area contributed by atoms with Gasteiger partial charge in [-0.1, -0.05) is 23.9 Å². The lowest BCUT2D eigenvalue weighted by Gasteiger charge is -2.33. The highest BCUT2D eigenvalue weighted by Crippen LogP contribution is 2.16. The summed E-state index contributed by atoms with van der Waals surface area (Å²) in [6, 6.07) is 6.48. The van der Waals surface area contributed by atoms with Crippen molar-refractivity contribution in [2.75, 3.05) is 25.4 Å². The number of aromatic nitrogens is 3. The van der Waals surface area contributed by atoms with E-state index in [-0.39, 0.29) is 17.8 Å². The molecule has 0 saturated carbocycles. The lowest BCUT2D eigenvalue weighted by atomic mass is 10.1. The van der Waals surface area contributed by atoms with Crippen LogP contribution in [-0.4, -0.2) is 57.5 Å². The molecule has 1 aliphatic heterocycles. The number of nitrogens with one attached hydrogen (secondary N) is 1. The Kier molecular flexibility index (Phi) is 5.24. The van der Waals surface area contributed by atoms with E-state index < -0.39 is 0 Å². The lowest BCUT2D eigenvalue weighted by molar-refractivity contribution is -0.135. The number of nitrogens with zero attached hydrogens (tertiary/aromatic N) is 3. The quantitative estimate of drug-likeness (QED) is 0.838. The van der Waals surface area contributed by atoms with Crippen molar-refractivity contribution < 1.29 is 13.9 Å². The van der Waals surface area contributed by atoms with Crippen LogP contribution in [0, 0.1) is 5.82 Å².